The number of carbonyl (C=O) groups is 1. The largest absolute Gasteiger partial charge is 0.494 e. The van der Waals surface area contributed by atoms with E-state index in [1.54, 1.807) is 6.21 Å². The fourth-order valence-electron chi connectivity index (χ4n) is 4.44. The lowest BCUT2D eigenvalue weighted by Gasteiger charge is -2.26. The van der Waals surface area contributed by atoms with Gasteiger partial charge in [0.15, 0.2) is 0 Å². The summed E-state index contributed by atoms with van der Waals surface area (Å²) < 4.78 is 36.1. The van der Waals surface area contributed by atoms with Gasteiger partial charge >= 0.3 is 0 Å². The Morgan fingerprint density at radius 3 is 2.36 bits per heavy atom. The predicted molar refractivity (Wildman–Crippen MR) is 180 cm³/mol. The second-order valence-corrected chi connectivity index (χ2v) is 13.9. The number of anilines is 1. The van der Waals surface area contributed by atoms with Crippen molar-refractivity contribution in [3.05, 3.63) is 118 Å². The molecule has 0 spiro atoms. The van der Waals surface area contributed by atoms with Gasteiger partial charge in [-0.25, -0.2) is 13.4 Å². The number of rotatable bonds is 11. The second-order valence-electron chi connectivity index (χ2n) is 10.1. The Morgan fingerprint density at radius 2 is 1.70 bits per heavy atom. The molecule has 0 saturated carbocycles. The van der Waals surface area contributed by atoms with Gasteiger partial charge in [0.2, 0.25) is 15.2 Å². The quantitative estimate of drug-likeness (QED) is 0.104. The van der Waals surface area contributed by atoms with Gasteiger partial charge in [-0.1, -0.05) is 57.6 Å². The predicted octanol–water partition coefficient (Wildman–Crippen LogP) is 7.74. The number of amides is 1. The molecule has 4 aromatic carbocycles. The zero-order chi connectivity index (χ0) is 31.3. The molecule has 0 N–H and O–H groups in total. The maximum atomic E-state index is 13.9. The summed E-state index contributed by atoms with van der Waals surface area (Å²) in [5.74, 6) is 0.295. The molecule has 0 bridgehead atoms. The molecule has 226 valence electrons. The number of hydrogen-bond acceptors (Lipinski definition) is 7. The van der Waals surface area contributed by atoms with Gasteiger partial charge in [0.25, 0.3) is 5.91 Å². The van der Waals surface area contributed by atoms with E-state index in [-0.39, 0.29) is 23.0 Å². The van der Waals surface area contributed by atoms with Crippen molar-refractivity contribution < 1.29 is 17.9 Å². The first-order valence-corrected chi connectivity index (χ1v) is 17.0. The van der Waals surface area contributed by atoms with Crippen molar-refractivity contribution in [2.45, 2.75) is 38.3 Å². The van der Waals surface area contributed by atoms with Gasteiger partial charge in [0.1, 0.15) is 5.75 Å². The molecule has 5 rings (SSSR count). The number of halogens is 1. The average molecular weight is 692 g/mol. The summed E-state index contributed by atoms with van der Waals surface area (Å²) in [6.45, 7) is 6.40. The van der Waals surface area contributed by atoms with Crippen LogP contribution >= 0.6 is 27.3 Å². The zero-order valence-corrected chi connectivity index (χ0v) is 27.6. The van der Waals surface area contributed by atoms with E-state index in [0.717, 1.165) is 31.6 Å². The van der Waals surface area contributed by atoms with Crippen molar-refractivity contribution in [3.63, 3.8) is 0 Å². The third-order valence-electron chi connectivity index (χ3n) is 6.69. The van der Waals surface area contributed by atoms with E-state index >= 15 is 0 Å². The molecule has 8 nitrogen and oxygen atoms in total. The van der Waals surface area contributed by atoms with Gasteiger partial charge in [-0.15, -0.1) is 0 Å². The summed E-state index contributed by atoms with van der Waals surface area (Å²) in [5, 5.41) is 6.16. The number of ether oxygens (including phenoxy) is 1. The molecule has 1 aromatic heterocycles. The van der Waals surface area contributed by atoms with E-state index in [1.165, 1.54) is 44.9 Å². The summed E-state index contributed by atoms with van der Waals surface area (Å²) in [4.78, 5) is 18.6. The third-order valence-corrected chi connectivity index (χ3v) is 10.2. The lowest BCUT2D eigenvalue weighted by molar-refractivity contribution is 0.0987. The number of carbonyl (C=O) groups excluding carboxylic acids is 1. The van der Waals surface area contributed by atoms with Crippen molar-refractivity contribution in [2.24, 2.45) is 5.10 Å². The number of benzene rings is 4. The van der Waals surface area contributed by atoms with Crippen molar-refractivity contribution >= 4 is 64.8 Å². The molecule has 0 aliphatic carbocycles. The van der Waals surface area contributed by atoms with Crippen LogP contribution in [0.5, 0.6) is 5.75 Å². The van der Waals surface area contributed by atoms with Crippen LogP contribution in [-0.2, 0) is 16.6 Å². The van der Waals surface area contributed by atoms with Gasteiger partial charge in [0.05, 0.1) is 27.9 Å². The fourth-order valence-corrected chi connectivity index (χ4v) is 7.54. The van der Waals surface area contributed by atoms with Crippen LogP contribution in [0.3, 0.4) is 0 Å². The molecule has 11 heteroatoms. The number of hydrazone groups is 1. The van der Waals surface area contributed by atoms with E-state index in [9.17, 15) is 13.2 Å². The summed E-state index contributed by atoms with van der Waals surface area (Å²) in [6, 6.07) is 28.2. The summed E-state index contributed by atoms with van der Waals surface area (Å²) >= 11 is 4.82. The Labute approximate surface area is 269 Å². The molecular weight excluding hydrogens is 660 g/mol. The van der Waals surface area contributed by atoms with E-state index in [0.29, 0.717) is 11.7 Å². The number of fused-ring (bicyclic) bond motifs is 1. The molecule has 0 aliphatic heterocycles. The smallest absolute Gasteiger partial charge is 0.280 e. The molecular formula is C33H31BrN4O4S2. The van der Waals surface area contributed by atoms with Crippen LogP contribution < -0.4 is 9.75 Å². The van der Waals surface area contributed by atoms with Gasteiger partial charge in [-0.2, -0.15) is 14.4 Å². The monoisotopic (exact) mass is 690 g/mol. The van der Waals surface area contributed by atoms with Crippen LogP contribution in [0.15, 0.2) is 112 Å². The highest BCUT2D eigenvalue weighted by Crippen LogP contribution is 2.32. The first kappa shape index (κ1) is 31.5. The normalized spacial score (nSPS) is 12.0. The molecule has 0 aliphatic rings. The van der Waals surface area contributed by atoms with E-state index in [4.69, 9.17) is 4.74 Å². The molecule has 1 amide bonds. The van der Waals surface area contributed by atoms with Crippen molar-refractivity contribution in [1.29, 1.82) is 0 Å². The minimum atomic E-state index is -3.84. The zero-order valence-electron chi connectivity index (χ0n) is 24.4. The first-order chi connectivity index (χ1) is 21.2. The Bertz CT molecular complexity index is 1880. The molecule has 0 fully saturated rings. The number of sulfonamides is 1. The van der Waals surface area contributed by atoms with Crippen LogP contribution in [0.2, 0.25) is 0 Å². The van der Waals surface area contributed by atoms with Gasteiger partial charge < -0.3 is 4.74 Å². The summed E-state index contributed by atoms with van der Waals surface area (Å²) in [5.41, 5.74) is 2.66. The van der Waals surface area contributed by atoms with Crippen LogP contribution in [0.25, 0.3) is 10.2 Å². The number of nitrogens with zero attached hydrogens (tertiary/aromatic N) is 4. The molecule has 0 unspecified atom stereocenters. The SMILES string of the molecule is CCOc1ccc(/C=N/N(C(=O)c2ccc(S(=O)(=O)N(Cc3ccccc3)C(C)C)cc2)c2nc3ccc(Br)cc3s2)cc1. The van der Waals surface area contributed by atoms with Crippen molar-refractivity contribution in [1.82, 2.24) is 9.29 Å². The number of hydrogen-bond donors (Lipinski definition) is 0. The fraction of sp³-hybridized carbons (Fsp3) is 0.182. The third kappa shape index (κ3) is 7.24. The first-order valence-electron chi connectivity index (χ1n) is 14.0. The van der Waals surface area contributed by atoms with E-state index < -0.39 is 15.9 Å². The Balaban J connectivity index is 1.45. The standard InChI is InChI=1S/C33H31BrN4O4S2/c1-4-42-28-15-10-24(11-16-28)21-35-38(33-36-30-19-14-27(34)20-31(30)43-33)32(39)26-12-17-29(18-13-26)44(40,41)37(23(2)3)22-25-8-6-5-7-9-25/h5-21,23H,4,22H2,1-3H3/b35-21+. The summed E-state index contributed by atoms with van der Waals surface area (Å²) in [7, 11) is -3.84. The lowest BCUT2D eigenvalue weighted by atomic mass is 10.2. The van der Waals surface area contributed by atoms with Crippen LogP contribution in [0.4, 0.5) is 5.13 Å². The maximum Gasteiger partial charge on any atom is 0.280 e. The Kier molecular flexibility index (Phi) is 9.90. The Hall–Kier alpha value is -3.90. The molecule has 0 atom stereocenters. The van der Waals surface area contributed by atoms with E-state index in [1.807, 2.05) is 93.6 Å². The van der Waals surface area contributed by atoms with Gasteiger partial charge in [-0.05, 0) is 98.6 Å². The number of thiazole rings is 1. The van der Waals surface area contributed by atoms with Crippen LogP contribution in [0, 0.1) is 0 Å². The molecule has 1 heterocycles. The highest BCUT2D eigenvalue weighted by Gasteiger charge is 2.28. The molecule has 0 saturated heterocycles. The van der Waals surface area contributed by atoms with Gasteiger partial charge in [0, 0.05) is 22.6 Å². The van der Waals surface area contributed by atoms with Crippen LogP contribution in [0.1, 0.15) is 42.3 Å². The lowest BCUT2D eigenvalue weighted by Crippen LogP contribution is -2.36. The minimum Gasteiger partial charge on any atom is -0.494 e. The van der Waals surface area contributed by atoms with Gasteiger partial charge in [-0.3, -0.25) is 4.79 Å². The molecule has 44 heavy (non-hydrogen) atoms. The average Bonchev–Trinajstić information content (AvgIpc) is 3.44. The highest BCUT2D eigenvalue weighted by molar-refractivity contribution is 9.10. The van der Waals surface area contributed by atoms with E-state index in [2.05, 4.69) is 26.0 Å². The summed E-state index contributed by atoms with van der Waals surface area (Å²) in [6.07, 6.45) is 1.58. The Morgan fingerprint density at radius 1 is 1.00 bits per heavy atom. The maximum absolute atomic E-state index is 13.9. The van der Waals surface area contributed by atoms with Crippen LogP contribution in [-0.4, -0.2) is 42.5 Å². The minimum absolute atomic E-state index is 0.105. The molecule has 0 radical (unpaired) electrons. The van der Waals surface area contributed by atoms with Crippen molar-refractivity contribution in [2.75, 3.05) is 11.6 Å². The molecule has 5 aromatic rings. The topological polar surface area (TPSA) is 92.2 Å². The highest BCUT2D eigenvalue weighted by atomic mass is 79.9. The number of aromatic nitrogens is 1. The second kappa shape index (κ2) is 13.8. The van der Waals surface area contributed by atoms with Crippen molar-refractivity contribution in [3.8, 4) is 5.75 Å².